The van der Waals surface area contributed by atoms with Crippen LogP contribution in [0.1, 0.15) is 70.3 Å². The van der Waals surface area contributed by atoms with Gasteiger partial charge in [-0.05, 0) is 79.4 Å². The molecule has 0 bridgehead atoms. The Labute approximate surface area is 262 Å². The van der Waals surface area contributed by atoms with E-state index in [0.717, 1.165) is 55.5 Å². The summed E-state index contributed by atoms with van der Waals surface area (Å²) in [6.07, 6.45) is 12.1. The molecule has 3 fully saturated rings. The van der Waals surface area contributed by atoms with Crippen molar-refractivity contribution >= 4 is 73.7 Å². The fourth-order valence-electron chi connectivity index (χ4n) is 6.20. The van der Waals surface area contributed by atoms with Crippen LogP contribution in [0.25, 0.3) is 11.2 Å². The van der Waals surface area contributed by atoms with Gasteiger partial charge in [0.1, 0.15) is 0 Å². The molecule has 1 saturated heterocycles. The fraction of sp³-hybridized carbons (Fsp3) is 0.593. The van der Waals surface area contributed by atoms with Gasteiger partial charge in [-0.3, -0.25) is 0 Å². The number of nitrogens with two attached hydrogens (primary N) is 1. The fourth-order valence-corrected chi connectivity index (χ4v) is 8.64. The highest BCUT2D eigenvalue weighted by Crippen LogP contribution is 2.34. The third kappa shape index (κ3) is 6.94. The van der Waals surface area contributed by atoms with E-state index in [4.69, 9.17) is 20.7 Å². The second-order valence-corrected chi connectivity index (χ2v) is 13.9. The van der Waals surface area contributed by atoms with Crippen LogP contribution < -0.4 is 16.4 Å². The number of aromatic nitrogens is 4. The van der Waals surface area contributed by atoms with Crippen molar-refractivity contribution in [1.29, 1.82) is 0 Å². The molecule has 1 aliphatic heterocycles. The average molecular weight is 691 g/mol. The van der Waals surface area contributed by atoms with Gasteiger partial charge in [0, 0.05) is 41.7 Å². The van der Waals surface area contributed by atoms with Crippen LogP contribution in [0.2, 0.25) is 0 Å². The molecule has 3 aromatic rings. The Balaban J connectivity index is 0.00000194. The largest absolute Gasteiger partial charge is 0.365 e. The summed E-state index contributed by atoms with van der Waals surface area (Å²) in [5, 5.41) is 7.20. The lowest BCUT2D eigenvalue weighted by molar-refractivity contribution is 0.329. The molecule has 14 heteroatoms. The van der Waals surface area contributed by atoms with Crippen molar-refractivity contribution in [1.82, 2.24) is 23.8 Å². The molecule has 2 saturated carbocycles. The highest BCUT2D eigenvalue weighted by molar-refractivity contribution is 9.10. The summed E-state index contributed by atoms with van der Waals surface area (Å²) in [7, 11) is -3.56. The van der Waals surface area contributed by atoms with Crippen LogP contribution in [0.15, 0.2) is 40.0 Å². The average Bonchev–Trinajstić information content (AvgIpc) is 3.61. The Morgan fingerprint density at radius 1 is 0.878 bits per heavy atom. The standard InChI is InChI=1S/C27H37BrN8O2S.2ClH/c28-22-7-3-4-8-23(22)39(37,38)35-15-13-20(14-16-35)31-25-24-26(36(17-30-24)21-5-1-2-6-21)34-27(33-25)32-19-11-9-18(29)10-12-19;;/h3-4,7-8,17-21H,1-2,5-6,9-16,29H2,(H2,31,32,33,34);2*1H/t18-,19-;;. The van der Waals surface area contributed by atoms with Crippen molar-refractivity contribution in [3.8, 4) is 0 Å². The van der Waals surface area contributed by atoms with Crippen LogP contribution >= 0.6 is 40.7 Å². The number of sulfonamides is 1. The molecule has 6 rings (SSSR count). The topological polar surface area (TPSA) is 131 Å². The Kier molecular flexibility index (Phi) is 10.8. The third-order valence-corrected chi connectivity index (χ3v) is 11.4. The van der Waals surface area contributed by atoms with Crippen molar-refractivity contribution in [3.63, 3.8) is 0 Å². The third-order valence-electron chi connectivity index (χ3n) is 8.49. The maximum Gasteiger partial charge on any atom is 0.244 e. The zero-order valence-corrected chi connectivity index (χ0v) is 26.9. The lowest BCUT2D eigenvalue weighted by Crippen LogP contribution is -2.42. The molecule has 4 N–H and O–H groups in total. The molecule has 0 unspecified atom stereocenters. The SMILES string of the molecule is Cl.Cl.N[C@H]1CC[C@H](Nc2nc(NC3CCN(S(=O)(=O)c4ccccc4Br)CC3)c3ncn(C4CCCC4)c3n2)CC1. The minimum absolute atomic E-state index is 0. The maximum absolute atomic E-state index is 13.3. The summed E-state index contributed by atoms with van der Waals surface area (Å²) >= 11 is 3.40. The highest BCUT2D eigenvalue weighted by Gasteiger charge is 2.31. The van der Waals surface area contributed by atoms with Crippen molar-refractivity contribution in [2.24, 2.45) is 5.73 Å². The van der Waals surface area contributed by atoms with E-state index in [1.165, 1.54) is 12.8 Å². The number of hydrogen-bond acceptors (Lipinski definition) is 8. The number of nitrogens with one attached hydrogen (secondary N) is 2. The van der Waals surface area contributed by atoms with Gasteiger partial charge in [0.05, 0.1) is 11.2 Å². The highest BCUT2D eigenvalue weighted by atomic mass is 79.9. The first kappa shape index (κ1) is 32.2. The summed E-state index contributed by atoms with van der Waals surface area (Å²) < 4.78 is 30.9. The predicted octanol–water partition coefficient (Wildman–Crippen LogP) is 5.49. The zero-order valence-electron chi connectivity index (χ0n) is 22.9. The number of halogens is 3. The Bertz CT molecular complexity index is 1420. The predicted molar refractivity (Wildman–Crippen MR) is 171 cm³/mol. The summed E-state index contributed by atoms with van der Waals surface area (Å²) in [5.41, 5.74) is 7.76. The number of fused-ring (bicyclic) bond motifs is 1. The molecule has 10 nitrogen and oxygen atoms in total. The maximum atomic E-state index is 13.3. The van der Waals surface area contributed by atoms with Crippen LogP contribution in [0.4, 0.5) is 11.8 Å². The van der Waals surface area contributed by atoms with Gasteiger partial charge < -0.3 is 20.9 Å². The number of benzene rings is 1. The lowest BCUT2D eigenvalue weighted by Gasteiger charge is -2.32. The van der Waals surface area contributed by atoms with Crippen LogP contribution in [-0.2, 0) is 10.0 Å². The van der Waals surface area contributed by atoms with Gasteiger partial charge in [-0.2, -0.15) is 14.3 Å². The molecule has 0 amide bonds. The second-order valence-electron chi connectivity index (χ2n) is 11.2. The molecule has 2 aliphatic carbocycles. The van der Waals surface area contributed by atoms with E-state index in [-0.39, 0.29) is 36.9 Å². The van der Waals surface area contributed by atoms with E-state index >= 15 is 0 Å². The van der Waals surface area contributed by atoms with E-state index in [9.17, 15) is 8.42 Å². The Morgan fingerprint density at radius 3 is 2.22 bits per heavy atom. The Morgan fingerprint density at radius 2 is 1.54 bits per heavy atom. The molecule has 226 valence electrons. The number of nitrogens with zero attached hydrogens (tertiary/aromatic N) is 5. The summed E-state index contributed by atoms with van der Waals surface area (Å²) in [4.78, 5) is 14.9. The normalized spacial score (nSPS) is 22.7. The van der Waals surface area contributed by atoms with Crippen molar-refractivity contribution < 1.29 is 8.42 Å². The van der Waals surface area contributed by atoms with Gasteiger partial charge in [0.25, 0.3) is 0 Å². The van der Waals surface area contributed by atoms with Gasteiger partial charge in [-0.1, -0.05) is 25.0 Å². The molecule has 0 radical (unpaired) electrons. The Hall–Kier alpha value is -1.70. The van der Waals surface area contributed by atoms with E-state index in [0.29, 0.717) is 53.3 Å². The quantitative estimate of drug-likeness (QED) is 0.297. The number of piperidine rings is 1. The van der Waals surface area contributed by atoms with Gasteiger partial charge in [-0.15, -0.1) is 24.8 Å². The minimum atomic E-state index is -3.56. The van der Waals surface area contributed by atoms with Crippen LogP contribution in [0.3, 0.4) is 0 Å². The summed E-state index contributed by atoms with van der Waals surface area (Å²) in [6.45, 7) is 0.888. The van der Waals surface area contributed by atoms with E-state index in [2.05, 4.69) is 31.1 Å². The van der Waals surface area contributed by atoms with Gasteiger partial charge in [0.15, 0.2) is 17.0 Å². The molecular weight excluding hydrogens is 651 g/mol. The first-order valence-corrected chi connectivity index (χ1v) is 16.4. The minimum Gasteiger partial charge on any atom is -0.365 e. The summed E-state index contributed by atoms with van der Waals surface area (Å²) in [5.74, 6) is 1.35. The van der Waals surface area contributed by atoms with Crippen molar-refractivity contribution in [2.75, 3.05) is 23.7 Å². The molecule has 3 heterocycles. The number of anilines is 2. The summed E-state index contributed by atoms with van der Waals surface area (Å²) in [6, 6.07) is 8.09. The first-order valence-electron chi connectivity index (χ1n) is 14.2. The van der Waals surface area contributed by atoms with Crippen LogP contribution in [0, 0.1) is 0 Å². The molecule has 41 heavy (non-hydrogen) atoms. The van der Waals surface area contributed by atoms with Crippen molar-refractivity contribution in [3.05, 3.63) is 35.1 Å². The molecule has 3 aliphatic rings. The second kappa shape index (κ2) is 13.7. The van der Waals surface area contributed by atoms with Crippen LogP contribution in [0.5, 0.6) is 0 Å². The van der Waals surface area contributed by atoms with E-state index in [1.807, 2.05) is 12.4 Å². The van der Waals surface area contributed by atoms with Gasteiger partial charge in [-0.25, -0.2) is 13.4 Å². The number of rotatable bonds is 7. The zero-order chi connectivity index (χ0) is 27.0. The van der Waals surface area contributed by atoms with Gasteiger partial charge >= 0.3 is 0 Å². The molecular formula is C27H39BrCl2N8O2S. The van der Waals surface area contributed by atoms with Crippen LogP contribution in [-0.4, -0.2) is 63.5 Å². The van der Waals surface area contributed by atoms with E-state index < -0.39 is 10.0 Å². The molecule has 0 spiro atoms. The van der Waals surface area contributed by atoms with Crippen molar-refractivity contribution in [2.45, 2.75) is 93.3 Å². The molecule has 2 aromatic heterocycles. The molecule has 1 aromatic carbocycles. The number of hydrogen-bond donors (Lipinski definition) is 3. The smallest absolute Gasteiger partial charge is 0.244 e. The van der Waals surface area contributed by atoms with Gasteiger partial charge in [0.2, 0.25) is 16.0 Å². The van der Waals surface area contributed by atoms with E-state index in [1.54, 1.807) is 22.5 Å². The first-order chi connectivity index (χ1) is 18.9. The number of imidazole rings is 1. The molecule has 0 atom stereocenters. The monoisotopic (exact) mass is 688 g/mol. The lowest BCUT2D eigenvalue weighted by atomic mass is 9.92.